The fourth-order valence-electron chi connectivity index (χ4n) is 2.40. The van der Waals surface area contributed by atoms with Crippen molar-refractivity contribution in [2.45, 2.75) is 52.0 Å². The zero-order valence-electron chi connectivity index (χ0n) is 11.7. The summed E-state index contributed by atoms with van der Waals surface area (Å²) in [6.07, 6.45) is 6.33. The Morgan fingerprint density at radius 2 is 1.95 bits per heavy atom. The summed E-state index contributed by atoms with van der Waals surface area (Å²) in [5.41, 5.74) is 0. The van der Waals surface area contributed by atoms with Gasteiger partial charge in [0.1, 0.15) is 23.2 Å². The summed E-state index contributed by atoms with van der Waals surface area (Å²) in [5.74, 6) is 2.37. The predicted molar refractivity (Wildman–Crippen MR) is 76.4 cm³/mol. The van der Waals surface area contributed by atoms with Crippen molar-refractivity contribution in [3.8, 4) is 0 Å². The number of aryl methyl sites for hydroxylation is 1. The maximum atomic E-state index is 11.0. The molecule has 1 fully saturated rings. The average molecular weight is 262 g/mol. The predicted octanol–water partition coefficient (Wildman–Crippen LogP) is 2.53. The molecule has 0 saturated heterocycles. The lowest BCUT2D eigenvalue weighted by molar-refractivity contribution is -0.115. The van der Waals surface area contributed by atoms with Crippen LogP contribution in [0.3, 0.4) is 0 Å². The summed E-state index contributed by atoms with van der Waals surface area (Å²) < 4.78 is 0. The number of nitrogens with one attached hydrogen (secondary N) is 2. The molecule has 5 heteroatoms. The second kappa shape index (κ2) is 6.50. The molecule has 1 saturated carbocycles. The van der Waals surface area contributed by atoms with Gasteiger partial charge in [-0.05, 0) is 26.7 Å². The van der Waals surface area contributed by atoms with Gasteiger partial charge in [0.05, 0.1) is 6.54 Å². The van der Waals surface area contributed by atoms with Crippen molar-refractivity contribution in [2.75, 3.05) is 17.2 Å². The molecule has 0 aliphatic heterocycles. The van der Waals surface area contributed by atoms with Gasteiger partial charge < -0.3 is 10.6 Å². The highest BCUT2D eigenvalue weighted by atomic mass is 16.1. The molecule has 2 N–H and O–H groups in total. The van der Waals surface area contributed by atoms with Crippen LogP contribution >= 0.6 is 0 Å². The summed E-state index contributed by atoms with van der Waals surface area (Å²) in [6.45, 7) is 3.73. The molecule has 0 atom stereocenters. The Bertz CT molecular complexity index is 441. The number of hydrogen-bond acceptors (Lipinski definition) is 5. The Balaban J connectivity index is 2.00. The zero-order valence-corrected chi connectivity index (χ0v) is 11.7. The van der Waals surface area contributed by atoms with Crippen molar-refractivity contribution in [3.05, 3.63) is 11.9 Å². The summed E-state index contributed by atoms with van der Waals surface area (Å²) >= 11 is 0. The van der Waals surface area contributed by atoms with Gasteiger partial charge in [0.2, 0.25) is 0 Å². The second-order valence-electron chi connectivity index (χ2n) is 5.22. The fourth-order valence-corrected chi connectivity index (χ4v) is 2.40. The van der Waals surface area contributed by atoms with Gasteiger partial charge in [-0.1, -0.05) is 19.3 Å². The van der Waals surface area contributed by atoms with Gasteiger partial charge >= 0.3 is 0 Å². The van der Waals surface area contributed by atoms with Gasteiger partial charge in [-0.2, -0.15) is 0 Å². The number of anilines is 2. The lowest BCUT2D eigenvalue weighted by atomic mass is 9.95. The van der Waals surface area contributed by atoms with Gasteiger partial charge in [0.15, 0.2) is 0 Å². The number of aromatic nitrogens is 2. The first kappa shape index (κ1) is 13.8. The van der Waals surface area contributed by atoms with Crippen LogP contribution in [-0.2, 0) is 4.79 Å². The summed E-state index contributed by atoms with van der Waals surface area (Å²) in [7, 11) is 0. The summed E-state index contributed by atoms with van der Waals surface area (Å²) in [6, 6.07) is 2.40. The average Bonchev–Trinajstić information content (AvgIpc) is 2.37. The molecule has 1 aliphatic rings. The lowest BCUT2D eigenvalue weighted by Gasteiger charge is -2.23. The van der Waals surface area contributed by atoms with E-state index in [1.54, 1.807) is 6.92 Å². The Kier molecular flexibility index (Phi) is 4.71. The maximum absolute atomic E-state index is 11.0. The lowest BCUT2D eigenvalue weighted by Crippen LogP contribution is -2.23. The summed E-state index contributed by atoms with van der Waals surface area (Å²) in [5, 5.41) is 6.50. The van der Waals surface area contributed by atoms with E-state index in [9.17, 15) is 4.79 Å². The van der Waals surface area contributed by atoms with Crippen LogP contribution in [0.25, 0.3) is 0 Å². The van der Waals surface area contributed by atoms with Crippen molar-refractivity contribution in [2.24, 2.45) is 0 Å². The molecular weight excluding hydrogens is 240 g/mol. The number of hydrogen-bond donors (Lipinski definition) is 2. The highest BCUT2D eigenvalue weighted by molar-refractivity contribution is 5.80. The maximum Gasteiger partial charge on any atom is 0.148 e. The summed E-state index contributed by atoms with van der Waals surface area (Å²) in [4.78, 5) is 19.7. The van der Waals surface area contributed by atoms with E-state index in [1.807, 2.05) is 13.0 Å². The molecule has 5 nitrogen and oxygen atoms in total. The van der Waals surface area contributed by atoms with Crippen LogP contribution in [0, 0.1) is 6.92 Å². The second-order valence-corrected chi connectivity index (χ2v) is 5.22. The zero-order chi connectivity index (χ0) is 13.7. The van der Waals surface area contributed by atoms with Crippen LogP contribution in [-0.4, -0.2) is 28.3 Å². The van der Waals surface area contributed by atoms with Crippen LogP contribution in [0.1, 0.15) is 44.9 Å². The minimum absolute atomic E-state index is 0.0954. The fraction of sp³-hybridized carbons (Fsp3) is 0.643. The molecule has 19 heavy (non-hydrogen) atoms. The Morgan fingerprint density at radius 3 is 2.63 bits per heavy atom. The Hall–Kier alpha value is -1.65. The standard InChI is InChI=1S/C14H22N4O/c1-10(19)9-15-13-8-14(17-11(2)16-13)18-12-6-4-3-5-7-12/h8,12H,3-7,9H2,1-2H3,(H2,15,16,17,18). The normalized spacial score (nSPS) is 16.1. The van der Waals surface area contributed by atoms with Gasteiger partial charge in [-0.3, -0.25) is 4.79 Å². The van der Waals surface area contributed by atoms with Gasteiger partial charge in [-0.25, -0.2) is 9.97 Å². The van der Waals surface area contributed by atoms with Crippen molar-refractivity contribution >= 4 is 17.4 Å². The largest absolute Gasteiger partial charge is 0.367 e. The van der Waals surface area contributed by atoms with Crippen LogP contribution < -0.4 is 10.6 Å². The van der Waals surface area contributed by atoms with Gasteiger partial charge in [0, 0.05) is 12.1 Å². The molecule has 1 aromatic rings. The third kappa shape index (κ3) is 4.50. The molecule has 1 aromatic heterocycles. The minimum atomic E-state index is 0.0954. The van der Waals surface area contributed by atoms with Crippen molar-refractivity contribution in [1.82, 2.24) is 9.97 Å². The highest BCUT2D eigenvalue weighted by Crippen LogP contribution is 2.21. The third-order valence-corrected chi connectivity index (χ3v) is 3.31. The SMILES string of the molecule is CC(=O)CNc1cc(NC2CCCCC2)nc(C)n1. The molecule has 0 bridgehead atoms. The molecule has 0 unspecified atom stereocenters. The molecule has 0 spiro atoms. The van der Waals surface area contributed by atoms with E-state index in [4.69, 9.17) is 0 Å². The number of Topliss-reactive ketones (excluding diaryl/α,β-unsaturated/α-hetero) is 1. The topological polar surface area (TPSA) is 66.9 Å². The molecule has 0 radical (unpaired) electrons. The number of ketones is 1. The molecule has 1 aliphatic carbocycles. The van der Waals surface area contributed by atoms with Crippen LogP contribution in [0.4, 0.5) is 11.6 Å². The number of rotatable bonds is 5. The number of carbonyl (C=O) groups is 1. The first-order valence-electron chi connectivity index (χ1n) is 6.99. The van der Waals surface area contributed by atoms with Gasteiger partial charge in [0.25, 0.3) is 0 Å². The monoisotopic (exact) mass is 262 g/mol. The highest BCUT2D eigenvalue weighted by Gasteiger charge is 2.14. The first-order valence-corrected chi connectivity index (χ1v) is 6.99. The molecule has 2 rings (SSSR count). The minimum Gasteiger partial charge on any atom is -0.367 e. The van der Waals surface area contributed by atoms with E-state index in [0.29, 0.717) is 24.2 Å². The van der Waals surface area contributed by atoms with E-state index in [2.05, 4.69) is 20.6 Å². The van der Waals surface area contributed by atoms with Crippen LogP contribution in [0.5, 0.6) is 0 Å². The third-order valence-electron chi connectivity index (χ3n) is 3.31. The molecule has 1 heterocycles. The van der Waals surface area contributed by atoms with Crippen molar-refractivity contribution in [1.29, 1.82) is 0 Å². The Morgan fingerprint density at radius 1 is 1.26 bits per heavy atom. The van der Waals surface area contributed by atoms with E-state index in [-0.39, 0.29) is 5.78 Å². The van der Waals surface area contributed by atoms with Crippen LogP contribution in [0.2, 0.25) is 0 Å². The van der Waals surface area contributed by atoms with Crippen molar-refractivity contribution in [3.63, 3.8) is 0 Å². The number of nitrogens with zero attached hydrogens (tertiary/aromatic N) is 2. The van der Waals surface area contributed by atoms with Crippen LogP contribution in [0.15, 0.2) is 6.07 Å². The van der Waals surface area contributed by atoms with E-state index in [1.165, 1.54) is 32.1 Å². The van der Waals surface area contributed by atoms with E-state index >= 15 is 0 Å². The quantitative estimate of drug-likeness (QED) is 0.853. The Labute approximate surface area is 114 Å². The van der Waals surface area contributed by atoms with Crippen molar-refractivity contribution < 1.29 is 4.79 Å². The first-order chi connectivity index (χ1) is 9.13. The molecular formula is C14H22N4O. The van der Waals surface area contributed by atoms with Gasteiger partial charge in [-0.15, -0.1) is 0 Å². The van der Waals surface area contributed by atoms with E-state index in [0.717, 1.165) is 5.82 Å². The smallest absolute Gasteiger partial charge is 0.148 e. The van der Waals surface area contributed by atoms with E-state index < -0.39 is 0 Å². The number of carbonyl (C=O) groups excluding carboxylic acids is 1. The molecule has 104 valence electrons. The molecule has 0 aromatic carbocycles. The molecule has 0 amide bonds.